The van der Waals surface area contributed by atoms with Gasteiger partial charge < -0.3 is 0 Å². The van der Waals surface area contributed by atoms with Crippen LogP contribution in [0.4, 0.5) is 26.3 Å². The summed E-state index contributed by atoms with van der Waals surface area (Å²) in [6, 6.07) is 8.36. The van der Waals surface area contributed by atoms with Crippen LogP contribution in [0.25, 0.3) is 11.3 Å². The van der Waals surface area contributed by atoms with E-state index in [0.717, 1.165) is 46.8 Å². The standard InChI is InChI=1S/C25H20F6N2O3S/c26-18-4-6-20(7-5-18)37(35,36)33-14-19(27)12-23(33)24(34)10-2-15-11-16(1-8-21(15)28)22-9-3-17(13-32-22)25(29,30)31/h1,3-9,11,13,19,23H,2,10,12,14H2/t19-,23+/m1/s1. The van der Waals surface area contributed by atoms with Gasteiger partial charge in [-0.2, -0.15) is 17.5 Å². The zero-order chi connectivity index (χ0) is 27.0. The van der Waals surface area contributed by atoms with Crippen LogP contribution in [-0.2, 0) is 27.4 Å². The number of pyridine rings is 1. The van der Waals surface area contributed by atoms with Crippen LogP contribution in [0.3, 0.4) is 0 Å². The molecule has 4 rings (SSSR count). The fourth-order valence-electron chi connectivity index (χ4n) is 4.14. The summed E-state index contributed by atoms with van der Waals surface area (Å²) in [7, 11) is -4.29. The lowest BCUT2D eigenvalue weighted by Gasteiger charge is -2.23. The second-order valence-corrected chi connectivity index (χ2v) is 10.5. The third-order valence-electron chi connectivity index (χ3n) is 6.07. The molecule has 1 fully saturated rings. The van der Waals surface area contributed by atoms with Gasteiger partial charge in [0.2, 0.25) is 10.0 Å². The molecule has 37 heavy (non-hydrogen) atoms. The molecule has 12 heteroatoms. The maximum absolute atomic E-state index is 14.4. The Morgan fingerprint density at radius 1 is 1.03 bits per heavy atom. The number of ketones is 1. The number of aryl methyl sites for hydroxylation is 1. The normalized spacial score (nSPS) is 18.8. The average Bonchev–Trinajstić information content (AvgIpc) is 3.26. The van der Waals surface area contributed by atoms with Crippen LogP contribution >= 0.6 is 0 Å². The molecule has 1 aromatic heterocycles. The Labute approximate surface area is 208 Å². The van der Waals surface area contributed by atoms with Gasteiger partial charge in [-0.25, -0.2) is 21.6 Å². The Morgan fingerprint density at radius 2 is 1.73 bits per heavy atom. The highest BCUT2D eigenvalue weighted by Gasteiger charge is 2.43. The van der Waals surface area contributed by atoms with Crippen LogP contribution in [0.1, 0.15) is 24.0 Å². The molecule has 0 saturated carbocycles. The minimum absolute atomic E-state index is 0.0651. The number of hydrogen-bond donors (Lipinski definition) is 0. The topological polar surface area (TPSA) is 67.3 Å². The van der Waals surface area contributed by atoms with Gasteiger partial charge in [0.15, 0.2) is 5.78 Å². The van der Waals surface area contributed by atoms with Crippen LogP contribution in [0.2, 0.25) is 0 Å². The molecule has 5 nitrogen and oxygen atoms in total. The maximum atomic E-state index is 14.4. The minimum atomic E-state index is -4.56. The Morgan fingerprint density at radius 3 is 2.35 bits per heavy atom. The first-order chi connectivity index (χ1) is 17.4. The third-order valence-corrected chi connectivity index (χ3v) is 7.96. The summed E-state index contributed by atoms with van der Waals surface area (Å²) in [5.41, 5.74) is -0.390. The third kappa shape index (κ3) is 5.85. The van der Waals surface area contributed by atoms with E-state index in [1.807, 2.05) is 0 Å². The van der Waals surface area contributed by atoms with Crippen molar-refractivity contribution in [3.63, 3.8) is 0 Å². The molecule has 0 bridgehead atoms. The number of halogens is 6. The van der Waals surface area contributed by atoms with Crippen molar-refractivity contribution in [2.45, 2.75) is 42.5 Å². The fraction of sp³-hybridized carbons (Fsp3) is 0.280. The number of hydrogen-bond acceptors (Lipinski definition) is 4. The lowest BCUT2D eigenvalue weighted by molar-refractivity contribution is -0.137. The molecule has 2 atom stereocenters. The van der Waals surface area contributed by atoms with Crippen molar-refractivity contribution in [1.82, 2.24) is 9.29 Å². The highest BCUT2D eigenvalue weighted by atomic mass is 32.2. The van der Waals surface area contributed by atoms with E-state index in [2.05, 4.69) is 4.98 Å². The van der Waals surface area contributed by atoms with Crippen molar-refractivity contribution < 1.29 is 39.6 Å². The summed E-state index contributed by atoms with van der Waals surface area (Å²) < 4.78 is 107. The lowest BCUT2D eigenvalue weighted by Crippen LogP contribution is -2.40. The Hall–Kier alpha value is -3.25. The zero-order valence-corrected chi connectivity index (χ0v) is 19.9. The number of alkyl halides is 4. The average molecular weight is 543 g/mol. The quantitative estimate of drug-likeness (QED) is 0.378. The van der Waals surface area contributed by atoms with Crippen LogP contribution in [0.15, 0.2) is 65.7 Å². The van der Waals surface area contributed by atoms with Gasteiger partial charge >= 0.3 is 6.18 Å². The molecule has 3 aromatic rings. The monoisotopic (exact) mass is 542 g/mol. The van der Waals surface area contributed by atoms with Crippen LogP contribution in [0.5, 0.6) is 0 Å². The van der Waals surface area contributed by atoms with Gasteiger partial charge in [-0.3, -0.25) is 9.78 Å². The van der Waals surface area contributed by atoms with E-state index in [9.17, 15) is 39.6 Å². The molecule has 2 heterocycles. The number of carbonyl (C=O) groups is 1. The van der Waals surface area contributed by atoms with Gasteiger partial charge in [0.25, 0.3) is 0 Å². The van der Waals surface area contributed by atoms with E-state index in [1.165, 1.54) is 12.1 Å². The van der Waals surface area contributed by atoms with Gasteiger partial charge in [-0.05, 0) is 66.6 Å². The van der Waals surface area contributed by atoms with Crippen molar-refractivity contribution in [2.75, 3.05) is 6.54 Å². The molecular formula is C25H20F6N2O3S. The highest BCUT2D eigenvalue weighted by Crippen LogP contribution is 2.31. The smallest absolute Gasteiger partial charge is 0.298 e. The van der Waals surface area contributed by atoms with Crippen molar-refractivity contribution in [2.24, 2.45) is 0 Å². The lowest BCUT2D eigenvalue weighted by atomic mass is 9.99. The molecule has 1 aliphatic rings. The number of rotatable bonds is 7. The number of carbonyl (C=O) groups excluding carboxylic acids is 1. The molecular weight excluding hydrogens is 522 g/mol. The molecule has 0 N–H and O–H groups in total. The van der Waals surface area contributed by atoms with E-state index in [-0.39, 0.29) is 35.4 Å². The Bertz CT molecular complexity index is 1390. The predicted molar refractivity (Wildman–Crippen MR) is 122 cm³/mol. The molecule has 1 aliphatic heterocycles. The van der Waals surface area contributed by atoms with Crippen molar-refractivity contribution >= 4 is 15.8 Å². The molecule has 0 unspecified atom stereocenters. The number of sulfonamides is 1. The number of aromatic nitrogens is 1. The second-order valence-electron chi connectivity index (χ2n) is 8.58. The van der Waals surface area contributed by atoms with Crippen molar-refractivity contribution in [1.29, 1.82) is 0 Å². The molecule has 1 saturated heterocycles. The van der Waals surface area contributed by atoms with Crippen LogP contribution in [-0.4, -0.2) is 42.2 Å². The highest BCUT2D eigenvalue weighted by molar-refractivity contribution is 7.89. The molecule has 2 aromatic carbocycles. The first-order valence-electron chi connectivity index (χ1n) is 11.1. The second kappa shape index (κ2) is 10.3. The van der Waals surface area contributed by atoms with E-state index in [4.69, 9.17) is 0 Å². The summed E-state index contributed by atoms with van der Waals surface area (Å²) in [6.07, 6.45) is -6.32. The molecule has 0 spiro atoms. The summed E-state index contributed by atoms with van der Waals surface area (Å²) in [5.74, 6) is -1.95. The van der Waals surface area contributed by atoms with E-state index >= 15 is 0 Å². The zero-order valence-electron chi connectivity index (χ0n) is 19.1. The van der Waals surface area contributed by atoms with Crippen LogP contribution in [0, 0.1) is 11.6 Å². The Kier molecular flexibility index (Phi) is 7.43. The summed E-state index contributed by atoms with van der Waals surface area (Å²) in [6.45, 7) is -0.542. The largest absolute Gasteiger partial charge is 0.417 e. The van der Waals surface area contributed by atoms with Gasteiger partial charge in [-0.15, -0.1) is 0 Å². The van der Waals surface area contributed by atoms with Gasteiger partial charge in [-0.1, -0.05) is 0 Å². The van der Waals surface area contributed by atoms with E-state index in [1.54, 1.807) is 0 Å². The van der Waals surface area contributed by atoms with Gasteiger partial charge in [0.1, 0.15) is 17.8 Å². The number of nitrogens with zero attached hydrogens (tertiary/aromatic N) is 2. The van der Waals surface area contributed by atoms with Crippen molar-refractivity contribution in [3.8, 4) is 11.3 Å². The summed E-state index contributed by atoms with van der Waals surface area (Å²) in [5, 5.41) is 0. The van der Waals surface area contributed by atoms with Crippen LogP contribution < -0.4 is 0 Å². The fourth-order valence-corrected chi connectivity index (χ4v) is 5.79. The first-order valence-corrected chi connectivity index (χ1v) is 12.6. The maximum Gasteiger partial charge on any atom is 0.417 e. The molecule has 0 aliphatic carbocycles. The molecule has 0 amide bonds. The predicted octanol–water partition coefficient (Wildman–Crippen LogP) is 5.35. The van der Waals surface area contributed by atoms with E-state index in [0.29, 0.717) is 11.8 Å². The Balaban J connectivity index is 1.50. The SMILES string of the molecule is O=C(CCc1cc(-c2ccc(C(F)(F)F)cn2)ccc1F)[C@@H]1C[C@@H](F)CN1S(=O)(=O)c1ccc(F)cc1. The summed E-state index contributed by atoms with van der Waals surface area (Å²) >= 11 is 0. The van der Waals surface area contributed by atoms with Gasteiger partial charge in [0.05, 0.1) is 22.2 Å². The number of benzene rings is 2. The molecule has 196 valence electrons. The first kappa shape index (κ1) is 26.8. The molecule has 0 radical (unpaired) electrons. The van der Waals surface area contributed by atoms with Gasteiger partial charge in [0, 0.05) is 31.1 Å². The summed E-state index contributed by atoms with van der Waals surface area (Å²) in [4.78, 5) is 16.4. The number of Topliss-reactive ketones (excluding diaryl/α,β-unsaturated/α-hetero) is 1. The van der Waals surface area contributed by atoms with Crippen molar-refractivity contribution in [3.05, 3.63) is 83.6 Å². The minimum Gasteiger partial charge on any atom is -0.298 e. The van der Waals surface area contributed by atoms with E-state index < -0.39 is 57.9 Å².